The van der Waals surface area contributed by atoms with Crippen molar-refractivity contribution in [2.75, 3.05) is 4.90 Å². The molecule has 0 fully saturated rings. The molecule has 1 nitrogen and oxygen atoms in total. The fourth-order valence-corrected chi connectivity index (χ4v) is 10.5. The van der Waals surface area contributed by atoms with Crippen molar-refractivity contribution in [2.45, 2.75) is 5.41 Å². The van der Waals surface area contributed by atoms with E-state index in [2.05, 4.69) is 229 Å². The van der Waals surface area contributed by atoms with Crippen molar-refractivity contribution in [3.63, 3.8) is 0 Å². The van der Waals surface area contributed by atoms with E-state index in [4.69, 9.17) is 0 Å². The van der Waals surface area contributed by atoms with Crippen LogP contribution in [-0.4, -0.2) is 0 Å². The number of rotatable bonds is 7. The molecule has 1 aliphatic rings. The van der Waals surface area contributed by atoms with E-state index in [9.17, 15) is 0 Å². The normalized spacial score (nSPS) is 12.7. The van der Waals surface area contributed by atoms with Gasteiger partial charge in [0.15, 0.2) is 0 Å². The lowest BCUT2D eigenvalue weighted by Crippen LogP contribution is -2.28. The minimum absolute atomic E-state index is 0.449. The predicted molar refractivity (Wildman–Crippen MR) is 242 cm³/mol. The third kappa shape index (κ3) is 5.37. The van der Waals surface area contributed by atoms with E-state index in [-0.39, 0.29) is 0 Å². The predicted octanol–water partition coefficient (Wildman–Crippen LogP) is 15.2. The van der Waals surface area contributed by atoms with Gasteiger partial charge in [0.25, 0.3) is 0 Å². The summed E-state index contributed by atoms with van der Waals surface area (Å²) in [5.41, 5.74) is 15.7. The smallest absolute Gasteiger partial charge is 0.0720 e. The fourth-order valence-electron chi connectivity index (χ4n) is 9.28. The van der Waals surface area contributed by atoms with Gasteiger partial charge in [0.2, 0.25) is 0 Å². The first kappa shape index (κ1) is 33.3. The molecule has 57 heavy (non-hydrogen) atoms. The Balaban J connectivity index is 1.05. The van der Waals surface area contributed by atoms with Crippen molar-refractivity contribution in [1.29, 1.82) is 0 Å². The number of hydrogen-bond acceptors (Lipinski definition) is 2. The van der Waals surface area contributed by atoms with Gasteiger partial charge < -0.3 is 4.90 Å². The summed E-state index contributed by atoms with van der Waals surface area (Å²) in [6.07, 6.45) is 0. The molecule has 1 aromatic heterocycles. The van der Waals surface area contributed by atoms with E-state index in [0.29, 0.717) is 0 Å². The highest BCUT2D eigenvalue weighted by molar-refractivity contribution is 7.25. The molecular formula is C55H37NS. The Morgan fingerprint density at radius 1 is 0.333 bits per heavy atom. The maximum atomic E-state index is 2.40. The number of anilines is 3. The van der Waals surface area contributed by atoms with Crippen molar-refractivity contribution in [3.05, 3.63) is 247 Å². The van der Waals surface area contributed by atoms with Crippen molar-refractivity contribution >= 4 is 48.6 Å². The van der Waals surface area contributed by atoms with Crippen LogP contribution in [0.1, 0.15) is 22.3 Å². The summed E-state index contributed by atoms with van der Waals surface area (Å²) in [6.45, 7) is 0. The molecular weight excluding hydrogens is 707 g/mol. The van der Waals surface area contributed by atoms with Crippen LogP contribution in [0.2, 0.25) is 0 Å². The lowest BCUT2D eigenvalue weighted by atomic mass is 9.66. The summed E-state index contributed by atoms with van der Waals surface area (Å²) < 4.78 is 2.60. The molecule has 0 spiro atoms. The Hall–Kier alpha value is -7.00. The van der Waals surface area contributed by atoms with Crippen molar-refractivity contribution in [2.24, 2.45) is 0 Å². The Morgan fingerprint density at radius 3 is 1.56 bits per heavy atom. The highest BCUT2D eigenvalue weighted by atomic mass is 32.1. The number of fused-ring (bicyclic) bond motifs is 6. The summed E-state index contributed by atoms with van der Waals surface area (Å²) in [5.74, 6) is 0. The molecule has 0 bridgehead atoms. The zero-order chi connectivity index (χ0) is 37.8. The van der Waals surface area contributed by atoms with Gasteiger partial charge in [-0.15, -0.1) is 11.3 Å². The van der Waals surface area contributed by atoms with Crippen molar-refractivity contribution < 1.29 is 0 Å². The quantitative estimate of drug-likeness (QED) is 0.157. The molecule has 0 N–H and O–H groups in total. The number of hydrogen-bond donors (Lipinski definition) is 0. The molecule has 10 aromatic rings. The van der Waals surface area contributed by atoms with Gasteiger partial charge in [-0.25, -0.2) is 0 Å². The highest BCUT2D eigenvalue weighted by Gasteiger charge is 2.46. The average Bonchev–Trinajstić information content (AvgIpc) is 3.82. The first-order valence-corrected chi connectivity index (χ1v) is 20.4. The molecule has 2 heteroatoms. The maximum absolute atomic E-state index is 2.40. The largest absolute Gasteiger partial charge is 0.310 e. The second kappa shape index (κ2) is 13.6. The van der Waals surface area contributed by atoms with E-state index in [1.807, 2.05) is 11.3 Å². The molecule has 0 aliphatic heterocycles. The first-order valence-electron chi connectivity index (χ1n) is 19.6. The Labute approximate surface area is 337 Å². The van der Waals surface area contributed by atoms with Crippen LogP contribution in [0.5, 0.6) is 0 Å². The molecule has 1 aliphatic carbocycles. The summed E-state index contributed by atoms with van der Waals surface area (Å²) in [6, 6.07) is 82.3. The zero-order valence-electron chi connectivity index (χ0n) is 31.2. The van der Waals surface area contributed by atoms with Gasteiger partial charge in [0.1, 0.15) is 0 Å². The minimum atomic E-state index is -0.449. The lowest BCUT2D eigenvalue weighted by molar-refractivity contribution is 0.777. The molecule has 0 amide bonds. The SMILES string of the molecule is c1ccc(-c2ccc(N(c3ccccc3)c3cccc(-c4ccc5c(c4)sc4cccc(C6(c7ccccc7)c7ccccc7-c7ccccc76)c45)c3)cc2)cc1. The van der Waals surface area contributed by atoms with E-state index in [1.165, 1.54) is 75.8 Å². The average molecular weight is 744 g/mol. The summed E-state index contributed by atoms with van der Waals surface area (Å²) in [7, 11) is 0. The van der Waals surface area contributed by atoms with Crippen molar-refractivity contribution in [3.8, 4) is 33.4 Å². The Morgan fingerprint density at radius 2 is 0.842 bits per heavy atom. The zero-order valence-corrected chi connectivity index (χ0v) is 32.0. The standard InChI is InChI=1S/C55H37NS/c1-4-16-38(17-5-1)39-30-33-44(34-31-39)56(43-21-8-3-9-22-43)45-23-14-18-40(36-45)41-32-35-48-53(37-41)57-52-29-15-28-51(54(48)52)55(42-19-6-2-7-20-42)49-26-12-10-24-46(49)47-25-11-13-27-50(47)55/h1-37H. The van der Waals surface area contributed by atoms with Gasteiger partial charge >= 0.3 is 0 Å². The molecule has 9 aromatic carbocycles. The minimum Gasteiger partial charge on any atom is -0.310 e. The van der Waals surface area contributed by atoms with Crippen LogP contribution in [0.15, 0.2) is 224 Å². The van der Waals surface area contributed by atoms with Gasteiger partial charge in [-0.05, 0) is 104 Å². The summed E-state index contributed by atoms with van der Waals surface area (Å²) in [5, 5.41) is 2.63. The molecule has 0 radical (unpaired) electrons. The van der Waals surface area contributed by atoms with Gasteiger partial charge in [-0.2, -0.15) is 0 Å². The number of thiophene rings is 1. The molecule has 1 heterocycles. The third-order valence-corrected chi connectivity index (χ3v) is 12.9. The molecule has 11 rings (SSSR count). The molecule has 268 valence electrons. The van der Waals surface area contributed by atoms with Crippen molar-refractivity contribution in [1.82, 2.24) is 0 Å². The molecule has 0 atom stereocenters. The molecule has 0 saturated carbocycles. The second-order valence-electron chi connectivity index (χ2n) is 14.8. The molecule has 0 unspecified atom stereocenters. The molecule has 0 saturated heterocycles. The van der Waals surface area contributed by atoms with Crippen LogP contribution in [0, 0.1) is 0 Å². The number of benzene rings is 9. The van der Waals surface area contributed by atoms with Gasteiger partial charge in [0, 0.05) is 37.2 Å². The number of nitrogens with zero attached hydrogens (tertiary/aromatic N) is 1. The van der Waals surface area contributed by atoms with Crippen LogP contribution >= 0.6 is 11.3 Å². The van der Waals surface area contributed by atoms with E-state index in [1.54, 1.807) is 0 Å². The van der Waals surface area contributed by atoms with Gasteiger partial charge in [-0.3, -0.25) is 0 Å². The third-order valence-electron chi connectivity index (χ3n) is 11.7. The highest BCUT2D eigenvalue weighted by Crippen LogP contribution is 2.58. The van der Waals surface area contributed by atoms with E-state index >= 15 is 0 Å². The van der Waals surface area contributed by atoms with E-state index in [0.717, 1.165) is 17.1 Å². The fraction of sp³-hybridized carbons (Fsp3) is 0.0182. The van der Waals surface area contributed by atoms with E-state index < -0.39 is 5.41 Å². The first-order chi connectivity index (χ1) is 28.3. The number of para-hydroxylation sites is 1. The topological polar surface area (TPSA) is 3.24 Å². The summed E-state index contributed by atoms with van der Waals surface area (Å²) in [4.78, 5) is 2.35. The second-order valence-corrected chi connectivity index (χ2v) is 15.9. The lowest BCUT2D eigenvalue weighted by Gasteiger charge is -2.34. The van der Waals surface area contributed by atoms with Crippen LogP contribution in [0.25, 0.3) is 53.6 Å². The van der Waals surface area contributed by atoms with Crippen LogP contribution in [0.4, 0.5) is 17.1 Å². The van der Waals surface area contributed by atoms with Crippen LogP contribution in [0.3, 0.4) is 0 Å². The maximum Gasteiger partial charge on any atom is 0.0720 e. The van der Waals surface area contributed by atoms with Crippen LogP contribution < -0.4 is 4.90 Å². The van der Waals surface area contributed by atoms with Crippen LogP contribution in [-0.2, 0) is 5.41 Å². The monoisotopic (exact) mass is 743 g/mol. The Bertz CT molecular complexity index is 3010. The van der Waals surface area contributed by atoms with Gasteiger partial charge in [-0.1, -0.05) is 176 Å². The Kier molecular flexibility index (Phi) is 7.98. The summed E-state index contributed by atoms with van der Waals surface area (Å²) >= 11 is 1.89. The van der Waals surface area contributed by atoms with Gasteiger partial charge in [0.05, 0.1) is 5.41 Å².